The Kier molecular flexibility index (Phi) is 4.85. The molecule has 134 valence electrons. The van der Waals surface area contributed by atoms with Gasteiger partial charge in [-0.2, -0.15) is 0 Å². The Balaban J connectivity index is 1.94. The zero-order valence-electron chi connectivity index (χ0n) is 14.5. The number of aryl methyl sites for hydroxylation is 1. The summed E-state index contributed by atoms with van der Waals surface area (Å²) in [6.45, 7) is 6.07. The molecule has 7 nitrogen and oxygen atoms in total. The van der Waals surface area contributed by atoms with Crippen molar-refractivity contribution < 1.29 is 9.32 Å². The second kappa shape index (κ2) is 7.09. The van der Waals surface area contributed by atoms with E-state index in [9.17, 15) is 9.59 Å². The fourth-order valence-electron chi connectivity index (χ4n) is 2.71. The molecule has 0 saturated carbocycles. The molecule has 0 aliphatic carbocycles. The van der Waals surface area contributed by atoms with Gasteiger partial charge in [0.1, 0.15) is 11.5 Å². The van der Waals surface area contributed by atoms with E-state index in [0.29, 0.717) is 45.8 Å². The van der Waals surface area contributed by atoms with Crippen molar-refractivity contribution >= 4 is 29.0 Å². The zero-order chi connectivity index (χ0) is 18.8. The van der Waals surface area contributed by atoms with Gasteiger partial charge in [-0.1, -0.05) is 11.2 Å². The van der Waals surface area contributed by atoms with Gasteiger partial charge in [-0.25, -0.2) is 0 Å². The molecule has 3 rings (SSSR count). The predicted octanol–water partition coefficient (Wildman–Crippen LogP) is 2.81. The Bertz CT molecular complexity index is 1110. The van der Waals surface area contributed by atoms with Crippen LogP contribution in [0.15, 0.2) is 46.2 Å². The van der Waals surface area contributed by atoms with E-state index in [2.05, 4.69) is 16.7 Å². The first-order chi connectivity index (χ1) is 12.4. The summed E-state index contributed by atoms with van der Waals surface area (Å²) in [4.78, 5) is 29.7. The van der Waals surface area contributed by atoms with Crippen LogP contribution >= 0.6 is 12.2 Å². The number of allylic oxidation sites excluding steroid dienone is 1. The molecular weight excluding hydrogens is 352 g/mol. The molecule has 2 heterocycles. The predicted molar refractivity (Wildman–Crippen MR) is 101 cm³/mol. The highest BCUT2D eigenvalue weighted by atomic mass is 32.1. The molecule has 0 aliphatic rings. The van der Waals surface area contributed by atoms with E-state index in [1.54, 1.807) is 44.3 Å². The maximum Gasteiger partial charge on any atom is 0.262 e. The quantitative estimate of drug-likeness (QED) is 0.551. The smallest absolute Gasteiger partial charge is 0.262 e. The first-order valence-electron chi connectivity index (χ1n) is 7.96. The molecule has 0 saturated heterocycles. The third-order valence-corrected chi connectivity index (χ3v) is 4.29. The minimum atomic E-state index is -0.214. The lowest BCUT2D eigenvalue weighted by molar-refractivity contribution is 0.0782. The van der Waals surface area contributed by atoms with Gasteiger partial charge >= 0.3 is 0 Å². The standard InChI is InChI=1S/C18H18N4O3S/c1-4-7-22-17(24)14-6-5-12(9-15(14)19-18(22)26)16(23)21(3)10-13-8-11(2)25-20-13/h4-6,8-9H,1,7,10H2,2-3H3,(H,19,26). The molecular formula is C18H18N4O3S. The lowest BCUT2D eigenvalue weighted by Crippen LogP contribution is -2.26. The number of nitrogens with one attached hydrogen (secondary N) is 1. The van der Waals surface area contributed by atoms with E-state index in [1.807, 2.05) is 0 Å². The van der Waals surface area contributed by atoms with E-state index in [4.69, 9.17) is 16.7 Å². The summed E-state index contributed by atoms with van der Waals surface area (Å²) in [7, 11) is 1.68. The Labute approximate surface area is 154 Å². The number of H-pyrrole nitrogens is 1. The van der Waals surface area contributed by atoms with Crippen LogP contribution in [-0.2, 0) is 13.1 Å². The number of nitrogens with zero attached hydrogens (tertiary/aromatic N) is 3. The molecule has 3 aromatic rings. The molecule has 0 unspecified atom stereocenters. The third-order valence-electron chi connectivity index (χ3n) is 3.96. The van der Waals surface area contributed by atoms with Crippen molar-refractivity contribution in [2.75, 3.05) is 7.05 Å². The van der Waals surface area contributed by atoms with Gasteiger partial charge in [0.15, 0.2) is 4.77 Å². The Morgan fingerprint density at radius 1 is 1.46 bits per heavy atom. The second-order valence-electron chi connectivity index (χ2n) is 5.99. The second-order valence-corrected chi connectivity index (χ2v) is 6.37. The van der Waals surface area contributed by atoms with Crippen LogP contribution in [0.3, 0.4) is 0 Å². The number of carbonyl (C=O) groups excluding carboxylic acids is 1. The van der Waals surface area contributed by atoms with Crippen LogP contribution in [0.1, 0.15) is 21.8 Å². The van der Waals surface area contributed by atoms with Crippen LogP contribution in [-0.4, -0.2) is 32.6 Å². The van der Waals surface area contributed by atoms with Crippen molar-refractivity contribution in [1.29, 1.82) is 0 Å². The number of hydrogen-bond acceptors (Lipinski definition) is 5. The lowest BCUT2D eigenvalue weighted by atomic mass is 10.1. The van der Waals surface area contributed by atoms with Gasteiger partial charge in [-0.3, -0.25) is 14.2 Å². The molecule has 26 heavy (non-hydrogen) atoms. The topological polar surface area (TPSA) is 84.1 Å². The number of benzene rings is 1. The molecule has 0 spiro atoms. The van der Waals surface area contributed by atoms with Crippen LogP contribution in [0, 0.1) is 11.7 Å². The number of amides is 1. The van der Waals surface area contributed by atoms with Gasteiger partial charge in [0.05, 0.1) is 17.4 Å². The van der Waals surface area contributed by atoms with E-state index in [-0.39, 0.29) is 11.5 Å². The zero-order valence-corrected chi connectivity index (χ0v) is 15.3. The molecule has 1 amide bonds. The minimum Gasteiger partial charge on any atom is -0.361 e. The highest BCUT2D eigenvalue weighted by Crippen LogP contribution is 2.14. The van der Waals surface area contributed by atoms with Gasteiger partial charge in [-0.05, 0) is 37.3 Å². The van der Waals surface area contributed by atoms with E-state index < -0.39 is 0 Å². The Hall–Kier alpha value is -3.00. The number of aromatic nitrogens is 3. The average Bonchev–Trinajstić information content (AvgIpc) is 3.02. The first-order valence-corrected chi connectivity index (χ1v) is 8.37. The number of rotatable bonds is 5. The molecule has 0 aliphatic heterocycles. The van der Waals surface area contributed by atoms with Crippen LogP contribution in [0.5, 0.6) is 0 Å². The molecule has 0 atom stereocenters. The summed E-state index contributed by atoms with van der Waals surface area (Å²) in [5, 5.41) is 4.36. The van der Waals surface area contributed by atoms with Crippen molar-refractivity contribution in [1.82, 2.24) is 19.6 Å². The summed E-state index contributed by atoms with van der Waals surface area (Å²) in [6.07, 6.45) is 1.61. The average molecular weight is 370 g/mol. The van der Waals surface area contributed by atoms with E-state index in [0.717, 1.165) is 0 Å². The molecule has 0 fully saturated rings. The van der Waals surface area contributed by atoms with Gasteiger partial charge in [-0.15, -0.1) is 6.58 Å². The summed E-state index contributed by atoms with van der Waals surface area (Å²) >= 11 is 5.23. The molecule has 1 aromatic carbocycles. The van der Waals surface area contributed by atoms with Gasteiger partial charge < -0.3 is 14.4 Å². The van der Waals surface area contributed by atoms with E-state index in [1.165, 1.54) is 9.47 Å². The molecule has 0 radical (unpaired) electrons. The number of aromatic amines is 1. The van der Waals surface area contributed by atoms with Crippen molar-refractivity contribution in [2.45, 2.75) is 20.0 Å². The molecule has 1 N–H and O–H groups in total. The Morgan fingerprint density at radius 2 is 2.23 bits per heavy atom. The van der Waals surface area contributed by atoms with Crippen LogP contribution in [0.25, 0.3) is 10.9 Å². The van der Waals surface area contributed by atoms with E-state index >= 15 is 0 Å². The van der Waals surface area contributed by atoms with Gasteiger partial charge in [0.2, 0.25) is 0 Å². The Morgan fingerprint density at radius 3 is 2.88 bits per heavy atom. The summed E-state index contributed by atoms with van der Waals surface area (Å²) in [6, 6.07) is 6.68. The van der Waals surface area contributed by atoms with Gasteiger partial charge in [0.25, 0.3) is 11.5 Å². The third kappa shape index (κ3) is 3.36. The maximum atomic E-state index is 12.7. The van der Waals surface area contributed by atoms with Crippen molar-refractivity contribution in [3.8, 4) is 0 Å². The molecule has 0 bridgehead atoms. The normalized spacial score (nSPS) is 10.8. The number of fused-ring (bicyclic) bond motifs is 1. The fourth-order valence-corrected chi connectivity index (χ4v) is 2.98. The number of carbonyl (C=O) groups is 1. The minimum absolute atomic E-state index is 0.192. The largest absolute Gasteiger partial charge is 0.361 e. The van der Waals surface area contributed by atoms with Crippen molar-refractivity contribution in [3.05, 3.63) is 69.1 Å². The molecule has 8 heteroatoms. The monoisotopic (exact) mass is 370 g/mol. The fraction of sp³-hybridized carbons (Fsp3) is 0.222. The highest BCUT2D eigenvalue weighted by molar-refractivity contribution is 7.71. The highest BCUT2D eigenvalue weighted by Gasteiger charge is 2.15. The summed E-state index contributed by atoms with van der Waals surface area (Å²) in [5.74, 6) is 0.497. The summed E-state index contributed by atoms with van der Waals surface area (Å²) in [5.41, 5.74) is 1.43. The van der Waals surface area contributed by atoms with Crippen LogP contribution in [0.4, 0.5) is 0 Å². The van der Waals surface area contributed by atoms with Crippen LogP contribution < -0.4 is 5.56 Å². The van der Waals surface area contributed by atoms with Gasteiger partial charge in [0, 0.05) is 25.2 Å². The number of hydrogen-bond donors (Lipinski definition) is 1. The van der Waals surface area contributed by atoms with Crippen LogP contribution in [0.2, 0.25) is 0 Å². The summed E-state index contributed by atoms with van der Waals surface area (Å²) < 4.78 is 6.73. The van der Waals surface area contributed by atoms with Crippen molar-refractivity contribution in [2.24, 2.45) is 0 Å². The van der Waals surface area contributed by atoms with Crippen molar-refractivity contribution in [3.63, 3.8) is 0 Å². The first kappa shape index (κ1) is 17.8. The SMILES string of the molecule is C=CCn1c(=S)[nH]c2cc(C(=O)N(C)Cc3cc(C)on3)ccc2c1=O. The maximum absolute atomic E-state index is 12.7. The molecule has 2 aromatic heterocycles. The lowest BCUT2D eigenvalue weighted by Gasteiger charge is -2.16.